The van der Waals surface area contributed by atoms with E-state index in [-0.39, 0.29) is 11.4 Å². The average Bonchev–Trinajstić information content (AvgIpc) is 2.76. The molecule has 162 valence electrons. The number of urea groups is 1. The first kappa shape index (κ1) is 20.9. The molecule has 2 aromatic carbocycles. The minimum absolute atomic E-state index is 0.205. The molecule has 1 aliphatic rings. The van der Waals surface area contributed by atoms with Crippen molar-refractivity contribution in [3.05, 3.63) is 69.8 Å². The predicted molar refractivity (Wildman–Crippen MR) is 119 cm³/mol. The number of aryl methyl sites for hydroxylation is 1. The second kappa shape index (κ2) is 8.06. The number of aromatic amines is 1. The number of amides is 2. The molecule has 3 aromatic rings. The fraction of sp³-hybridized carbons (Fsp3) is 0.333. The summed E-state index contributed by atoms with van der Waals surface area (Å²) in [7, 11) is 0. The van der Waals surface area contributed by atoms with Gasteiger partial charge in [0.05, 0.1) is 17.2 Å². The van der Waals surface area contributed by atoms with Crippen LogP contribution in [0.5, 0.6) is 5.75 Å². The number of aromatic nitrogens is 1. The number of hydrogen-bond acceptors (Lipinski definition) is 3. The topological polar surface area (TPSA) is 83.2 Å². The molecule has 3 N–H and O–H groups in total. The molecule has 2 heterocycles. The molecule has 31 heavy (non-hydrogen) atoms. The van der Waals surface area contributed by atoms with Crippen molar-refractivity contribution < 1.29 is 13.9 Å². The quantitative estimate of drug-likeness (QED) is 0.541. The Hall–Kier alpha value is -3.35. The van der Waals surface area contributed by atoms with Crippen LogP contribution in [0, 0.1) is 12.7 Å². The highest BCUT2D eigenvalue weighted by Gasteiger charge is 2.39. The van der Waals surface area contributed by atoms with Crippen LogP contribution in [0.3, 0.4) is 0 Å². The molecule has 0 bridgehead atoms. The maximum atomic E-state index is 14.0. The van der Waals surface area contributed by atoms with E-state index in [0.29, 0.717) is 28.9 Å². The molecule has 0 radical (unpaired) electrons. The number of carbonyl (C=O) groups excluding carboxylic acids is 1. The molecule has 0 saturated carbocycles. The van der Waals surface area contributed by atoms with Crippen LogP contribution in [0.15, 0.2) is 47.3 Å². The number of carbonyl (C=O) groups is 1. The molecule has 6 nitrogen and oxygen atoms in total. The molecule has 4 rings (SSSR count). The highest BCUT2D eigenvalue weighted by Crippen LogP contribution is 2.43. The van der Waals surface area contributed by atoms with Gasteiger partial charge in [0.1, 0.15) is 17.2 Å². The van der Waals surface area contributed by atoms with E-state index in [0.717, 1.165) is 23.8 Å². The number of anilines is 1. The van der Waals surface area contributed by atoms with Gasteiger partial charge < -0.3 is 20.4 Å². The number of halogens is 1. The van der Waals surface area contributed by atoms with Gasteiger partial charge in [0.25, 0.3) is 0 Å². The highest BCUT2D eigenvalue weighted by atomic mass is 19.1. The van der Waals surface area contributed by atoms with E-state index in [1.807, 2.05) is 19.1 Å². The maximum Gasteiger partial charge on any atom is 0.319 e. The number of rotatable bonds is 4. The van der Waals surface area contributed by atoms with E-state index in [2.05, 4.69) is 29.5 Å². The Bertz CT molecular complexity index is 1200. The van der Waals surface area contributed by atoms with Gasteiger partial charge >= 0.3 is 6.03 Å². The summed E-state index contributed by atoms with van der Waals surface area (Å²) in [6.07, 6.45) is 2.09. The lowest BCUT2D eigenvalue weighted by molar-refractivity contribution is 0.0245. The van der Waals surface area contributed by atoms with E-state index in [1.165, 1.54) is 18.2 Å². The first-order chi connectivity index (χ1) is 14.8. The average molecular weight is 423 g/mol. The molecule has 0 fully saturated rings. The molecule has 0 saturated heterocycles. The number of pyridine rings is 1. The van der Waals surface area contributed by atoms with E-state index >= 15 is 0 Å². The van der Waals surface area contributed by atoms with Gasteiger partial charge in [0.2, 0.25) is 5.56 Å². The Morgan fingerprint density at radius 1 is 1.19 bits per heavy atom. The van der Waals surface area contributed by atoms with Gasteiger partial charge in [0, 0.05) is 23.4 Å². The minimum atomic E-state index is -0.419. The van der Waals surface area contributed by atoms with E-state index in [9.17, 15) is 14.0 Å². The SMILES string of the molecule is CCC1(CC)C[C@@H](NC(=O)Nc2c(C)ccc3[nH]c(=O)ccc23)c2cc(F)ccc2O1. The number of fused-ring (bicyclic) bond motifs is 2. The first-order valence-electron chi connectivity index (χ1n) is 10.5. The van der Waals surface area contributed by atoms with Crippen LogP contribution in [0.25, 0.3) is 10.9 Å². The van der Waals surface area contributed by atoms with Gasteiger partial charge in [-0.1, -0.05) is 19.9 Å². The zero-order chi connectivity index (χ0) is 22.2. The second-order valence-electron chi connectivity index (χ2n) is 8.07. The molecule has 7 heteroatoms. The molecule has 1 atom stereocenters. The highest BCUT2D eigenvalue weighted by molar-refractivity contribution is 6.01. The fourth-order valence-electron chi connectivity index (χ4n) is 4.27. The van der Waals surface area contributed by atoms with Gasteiger partial charge in [0.15, 0.2) is 0 Å². The van der Waals surface area contributed by atoms with Crippen LogP contribution in [-0.4, -0.2) is 16.6 Å². The molecule has 0 unspecified atom stereocenters. The van der Waals surface area contributed by atoms with Crippen molar-refractivity contribution in [2.75, 3.05) is 5.32 Å². The van der Waals surface area contributed by atoms with Gasteiger partial charge in [-0.05, 0) is 55.7 Å². The number of benzene rings is 2. The summed E-state index contributed by atoms with van der Waals surface area (Å²) < 4.78 is 20.2. The summed E-state index contributed by atoms with van der Waals surface area (Å²) in [5.41, 5.74) is 2.13. The summed E-state index contributed by atoms with van der Waals surface area (Å²) in [5, 5.41) is 6.67. The smallest absolute Gasteiger partial charge is 0.319 e. The van der Waals surface area contributed by atoms with Gasteiger partial charge in [-0.15, -0.1) is 0 Å². The van der Waals surface area contributed by atoms with Gasteiger partial charge in [-0.3, -0.25) is 4.79 Å². The zero-order valence-electron chi connectivity index (χ0n) is 17.8. The van der Waals surface area contributed by atoms with E-state index in [4.69, 9.17) is 4.74 Å². The number of nitrogens with one attached hydrogen (secondary N) is 3. The van der Waals surface area contributed by atoms with Crippen molar-refractivity contribution in [2.24, 2.45) is 0 Å². The lowest BCUT2D eigenvalue weighted by Crippen LogP contribution is -2.45. The van der Waals surface area contributed by atoms with Gasteiger partial charge in [-0.25, -0.2) is 9.18 Å². The molecular formula is C24H26FN3O3. The minimum Gasteiger partial charge on any atom is -0.487 e. The fourth-order valence-corrected chi connectivity index (χ4v) is 4.27. The van der Waals surface area contributed by atoms with Crippen molar-refractivity contribution in [1.29, 1.82) is 0 Å². The first-order valence-corrected chi connectivity index (χ1v) is 10.5. The van der Waals surface area contributed by atoms with Crippen molar-refractivity contribution in [3.63, 3.8) is 0 Å². The third-order valence-corrected chi connectivity index (χ3v) is 6.20. The summed E-state index contributed by atoms with van der Waals surface area (Å²) in [6.45, 7) is 5.99. The lowest BCUT2D eigenvalue weighted by Gasteiger charge is -2.41. The molecule has 0 spiro atoms. The van der Waals surface area contributed by atoms with Crippen LogP contribution in [0.4, 0.5) is 14.9 Å². The standard InChI is InChI=1S/C24H26FN3O3/c1-4-24(5-2)13-19(17-12-15(25)7-10-20(17)31-24)27-23(30)28-22-14(3)6-9-18-16(22)8-11-21(29)26-18/h6-12,19H,4-5,13H2,1-3H3,(H,26,29)(H2,27,28,30)/t19-/m1/s1. The lowest BCUT2D eigenvalue weighted by atomic mass is 9.83. The Kier molecular flexibility index (Phi) is 5.43. The Balaban J connectivity index is 1.64. The largest absolute Gasteiger partial charge is 0.487 e. The van der Waals surface area contributed by atoms with Crippen LogP contribution < -0.4 is 20.9 Å². The summed E-state index contributed by atoms with van der Waals surface area (Å²) in [6, 6.07) is 10.4. The number of hydrogen-bond donors (Lipinski definition) is 3. The van der Waals surface area contributed by atoms with Crippen LogP contribution in [0.2, 0.25) is 0 Å². The summed E-state index contributed by atoms with van der Waals surface area (Å²) >= 11 is 0. The second-order valence-corrected chi connectivity index (χ2v) is 8.07. The monoisotopic (exact) mass is 423 g/mol. The molecule has 2 amide bonds. The van der Waals surface area contributed by atoms with Crippen molar-refractivity contribution in [3.8, 4) is 5.75 Å². The third kappa shape index (κ3) is 4.00. The predicted octanol–water partition coefficient (Wildman–Crippen LogP) is 5.18. The van der Waals surface area contributed by atoms with E-state index in [1.54, 1.807) is 12.1 Å². The Labute approximate surface area is 179 Å². The van der Waals surface area contributed by atoms with Crippen molar-refractivity contribution in [1.82, 2.24) is 10.3 Å². The Morgan fingerprint density at radius 3 is 2.71 bits per heavy atom. The third-order valence-electron chi connectivity index (χ3n) is 6.20. The molecule has 0 aliphatic carbocycles. The maximum absolute atomic E-state index is 14.0. The molecule has 1 aromatic heterocycles. The van der Waals surface area contributed by atoms with Crippen molar-refractivity contribution in [2.45, 2.75) is 51.7 Å². The Morgan fingerprint density at radius 2 is 1.97 bits per heavy atom. The van der Waals surface area contributed by atoms with Gasteiger partial charge in [-0.2, -0.15) is 0 Å². The summed E-state index contributed by atoms with van der Waals surface area (Å²) in [4.78, 5) is 27.4. The summed E-state index contributed by atoms with van der Waals surface area (Å²) in [5.74, 6) is 0.226. The van der Waals surface area contributed by atoms with Crippen LogP contribution >= 0.6 is 0 Å². The van der Waals surface area contributed by atoms with E-state index < -0.39 is 17.7 Å². The number of ether oxygens (including phenoxy) is 1. The molecular weight excluding hydrogens is 397 g/mol. The van der Waals surface area contributed by atoms with Crippen LogP contribution in [0.1, 0.15) is 50.3 Å². The molecule has 1 aliphatic heterocycles. The number of H-pyrrole nitrogens is 1. The zero-order valence-corrected chi connectivity index (χ0v) is 17.8. The normalized spacial score (nSPS) is 17.0. The van der Waals surface area contributed by atoms with Crippen molar-refractivity contribution >= 4 is 22.6 Å². The van der Waals surface area contributed by atoms with Crippen LogP contribution in [-0.2, 0) is 0 Å².